The van der Waals surface area contributed by atoms with E-state index in [2.05, 4.69) is 27.3 Å². The van der Waals surface area contributed by atoms with E-state index in [0.717, 1.165) is 16.9 Å². The van der Waals surface area contributed by atoms with Gasteiger partial charge in [-0.25, -0.2) is 4.79 Å². The number of thiophene rings is 1. The quantitative estimate of drug-likeness (QED) is 0.747. The van der Waals surface area contributed by atoms with E-state index in [1.165, 1.54) is 17.0 Å². The highest BCUT2D eigenvalue weighted by Crippen LogP contribution is 2.21. The van der Waals surface area contributed by atoms with Crippen LogP contribution >= 0.6 is 27.3 Å². The molecule has 1 aromatic heterocycles. The SMILES string of the molecule is O=C(O)c1ccc(OCCNCc2ccc(Br)s2)cc1. The van der Waals surface area contributed by atoms with Gasteiger partial charge in [0.1, 0.15) is 12.4 Å². The number of hydrogen-bond acceptors (Lipinski definition) is 4. The third kappa shape index (κ3) is 4.63. The number of benzene rings is 1. The lowest BCUT2D eigenvalue weighted by Gasteiger charge is -2.07. The van der Waals surface area contributed by atoms with Gasteiger partial charge in [0.15, 0.2) is 0 Å². The van der Waals surface area contributed by atoms with Crippen molar-refractivity contribution in [3.63, 3.8) is 0 Å². The average Bonchev–Trinajstić information content (AvgIpc) is 2.84. The number of carbonyl (C=O) groups is 1. The van der Waals surface area contributed by atoms with Crippen molar-refractivity contribution in [1.29, 1.82) is 0 Å². The lowest BCUT2D eigenvalue weighted by Crippen LogP contribution is -2.20. The predicted octanol–water partition coefficient (Wildman–Crippen LogP) is 3.38. The molecular weight excluding hydrogens is 342 g/mol. The lowest BCUT2D eigenvalue weighted by molar-refractivity contribution is 0.0697. The third-order valence-corrected chi connectivity index (χ3v) is 4.20. The molecule has 0 amide bonds. The molecule has 2 N–H and O–H groups in total. The maximum absolute atomic E-state index is 10.7. The third-order valence-electron chi connectivity index (χ3n) is 2.58. The number of ether oxygens (including phenoxy) is 1. The van der Waals surface area contributed by atoms with Crippen molar-refractivity contribution in [2.45, 2.75) is 6.54 Å². The van der Waals surface area contributed by atoms with Crippen molar-refractivity contribution < 1.29 is 14.6 Å². The number of nitrogens with one attached hydrogen (secondary N) is 1. The Morgan fingerprint density at radius 3 is 2.60 bits per heavy atom. The van der Waals surface area contributed by atoms with E-state index in [1.807, 2.05) is 6.07 Å². The molecule has 0 aliphatic heterocycles. The molecule has 0 aliphatic rings. The van der Waals surface area contributed by atoms with Crippen LogP contribution in [0, 0.1) is 0 Å². The summed E-state index contributed by atoms with van der Waals surface area (Å²) in [6.07, 6.45) is 0. The number of halogens is 1. The Labute approximate surface area is 129 Å². The Morgan fingerprint density at radius 2 is 2.00 bits per heavy atom. The first-order valence-electron chi connectivity index (χ1n) is 6.06. The number of aromatic carboxylic acids is 1. The minimum absolute atomic E-state index is 0.263. The van der Waals surface area contributed by atoms with Crippen LogP contribution in [0.15, 0.2) is 40.2 Å². The van der Waals surface area contributed by atoms with Crippen LogP contribution in [0.3, 0.4) is 0 Å². The van der Waals surface area contributed by atoms with E-state index in [-0.39, 0.29) is 5.56 Å². The molecule has 0 unspecified atom stereocenters. The molecular formula is C14H14BrNO3S. The van der Waals surface area contributed by atoms with E-state index in [1.54, 1.807) is 23.5 Å². The summed E-state index contributed by atoms with van der Waals surface area (Å²) in [5.74, 6) is -0.254. The monoisotopic (exact) mass is 355 g/mol. The van der Waals surface area contributed by atoms with Gasteiger partial charge < -0.3 is 15.2 Å². The summed E-state index contributed by atoms with van der Waals surface area (Å²) in [6, 6.07) is 10.5. The molecule has 0 atom stereocenters. The Bertz CT molecular complexity index is 568. The zero-order chi connectivity index (χ0) is 14.4. The van der Waals surface area contributed by atoms with Gasteiger partial charge in [0.05, 0.1) is 9.35 Å². The van der Waals surface area contributed by atoms with Crippen LogP contribution < -0.4 is 10.1 Å². The van der Waals surface area contributed by atoms with Gasteiger partial charge in [0.25, 0.3) is 0 Å². The normalized spacial score (nSPS) is 10.4. The van der Waals surface area contributed by atoms with Crippen LogP contribution in [0.5, 0.6) is 5.75 Å². The van der Waals surface area contributed by atoms with Crippen molar-refractivity contribution in [1.82, 2.24) is 5.32 Å². The largest absolute Gasteiger partial charge is 0.492 e. The fraction of sp³-hybridized carbons (Fsp3) is 0.214. The molecule has 0 fully saturated rings. The van der Waals surface area contributed by atoms with E-state index in [4.69, 9.17) is 9.84 Å². The molecule has 0 bridgehead atoms. The van der Waals surface area contributed by atoms with Gasteiger partial charge in [-0.15, -0.1) is 11.3 Å². The molecule has 2 rings (SSSR count). The van der Waals surface area contributed by atoms with Crippen LogP contribution in [0.1, 0.15) is 15.2 Å². The highest BCUT2D eigenvalue weighted by atomic mass is 79.9. The van der Waals surface area contributed by atoms with Crippen LogP contribution in [0.2, 0.25) is 0 Å². The van der Waals surface area contributed by atoms with E-state index >= 15 is 0 Å². The summed E-state index contributed by atoms with van der Waals surface area (Å²) in [7, 11) is 0. The van der Waals surface area contributed by atoms with E-state index < -0.39 is 5.97 Å². The van der Waals surface area contributed by atoms with Crippen molar-refractivity contribution in [3.8, 4) is 5.75 Å². The molecule has 0 spiro atoms. The lowest BCUT2D eigenvalue weighted by atomic mass is 10.2. The van der Waals surface area contributed by atoms with E-state index in [9.17, 15) is 4.79 Å². The first-order valence-corrected chi connectivity index (χ1v) is 7.67. The van der Waals surface area contributed by atoms with Gasteiger partial charge in [-0.1, -0.05) is 0 Å². The van der Waals surface area contributed by atoms with Gasteiger partial charge >= 0.3 is 5.97 Å². The maximum Gasteiger partial charge on any atom is 0.335 e. The Morgan fingerprint density at radius 1 is 1.25 bits per heavy atom. The fourth-order valence-electron chi connectivity index (χ4n) is 1.59. The highest BCUT2D eigenvalue weighted by Gasteiger charge is 2.02. The number of hydrogen-bond donors (Lipinski definition) is 2. The second-order valence-electron chi connectivity index (χ2n) is 4.06. The minimum Gasteiger partial charge on any atom is -0.492 e. The van der Waals surface area contributed by atoms with Gasteiger partial charge in [0.2, 0.25) is 0 Å². The summed E-state index contributed by atoms with van der Waals surface area (Å²) in [6.45, 7) is 2.09. The Balaban J connectivity index is 1.66. The molecule has 0 saturated carbocycles. The first-order chi connectivity index (χ1) is 9.65. The summed E-state index contributed by atoms with van der Waals surface area (Å²) < 4.78 is 6.65. The second kappa shape index (κ2) is 7.42. The van der Waals surface area contributed by atoms with E-state index in [0.29, 0.717) is 12.4 Å². The number of carboxylic acids is 1. The van der Waals surface area contributed by atoms with Crippen LogP contribution in [-0.4, -0.2) is 24.2 Å². The van der Waals surface area contributed by atoms with Crippen LogP contribution in [0.4, 0.5) is 0 Å². The van der Waals surface area contributed by atoms with Gasteiger partial charge in [-0.05, 0) is 52.3 Å². The van der Waals surface area contributed by atoms with Crippen molar-refractivity contribution in [2.24, 2.45) is 0 Å². The van der Waals surface area contributed by atoms with Gasteiger partial charge in [0, 0.05) is 18.0 Å². The first kappa shape index (κ1) is 15.0. The van der Waals surface area contributed by atoms with Crippen molar-refractivity contribution >= 4 is 33.2 Å². The Kier molecular flexibility index (Phi) is 5.58. The molecule has 1 aromatic carbocycles. The van der Waals surface area contributed by atoms with Gasteiger partial charge in [-0.3, -0.25) is 0 Å². The Hall–Kier alpha value is -1.37. The van der Waals surface area contributed by atoms with Crippen molar-refractivity contribution in [2.75, 3.05) is 13.2 Å². The molecule has 20 heavy (non-hydrogen) atoms. The van der Waals surface area contributed by atoms with Crippen LogP contribution in [-0.2, 0) is 6.54 Å². The summed E-state index contributed by atoms with van der Waals surface area (Å²) in [5, 5.41) is 12.1. The number of carboxylic acid groups (broad SMARTS) is 1. The van der Waals surface area contributed by atoms with Gasteiger partial charge in [-0.2, -0.15) is 0 Å². The predicted molar refractivity (Wildman–Crippen MR) is 82.6 cm³/mol. The second-order valence-corrected chi connectivity index (χ2v) is 6.61. The molecule has 2 aromatic rings. The smallest absolute Gasteiger partial charge is 0.335 e. The molecule has 4 nitrogen and oxygen atoms in total. The molecule has 1 heterocycles. The molecule has 0 saturated heterocycles. The molecule has 6 heteroatoms. The summed E-state index contributed by atoms with van der Waals surface area (Å²) in [4.78, 5) is 12.0. The topological polar surface area (TPSA) is 58.6 Å². The molecule has 0 aliphatic carbocycles. The summed E-state index contributed by atoms with van der Waals surface area (Å²) in [5.41, 5.74) is 0.263. The fourth-order valence-corrected chi connectivity index (χ4v) is 3.05. The standard InChI is InChI=1S/C14H14BrNO3S/c15-13-6-5-12(20-13)9-16-7-8-19-11-3-1-10(2-4-11)14(17)18/h1-6,16H,7-9H2,(H,17,18). The molecule has 106 valence electrons. The summed E-state index contributed by atoms with van der Waals surface area (Å²) >= 11 is 5.13. The van der Waals surface area contributed by atoms with Crippen molar-refractivity contribution in [3.05, 3.63) is 50.6 Å². The molecule has 0 radical (unpaired) electrons. The average molecular weight is 356 g/mol. The number of rotatable bonds is 7. The van der Waals surface area contributed by atoms with Crippen LogP contribution in [0.25, 0.3) is 0 Å². The zero-order valence-corrected chi connectivity index (χ0v) is 13.0. The zero-order valence-electron chi connectivity index (χ0n) is 10.6. The maximum atomic E-state index is 10.7. The minimum atomic E-state index is -0.930. The highest BCUT2D eigenvalue weighted by molar-refractivity contribution is 9.11.